The summed E-state index contributed by atoms with van der Waals surface area (Å²) in [4.78, 5) is 10.7. The molecule has 7 nitrogen and oxygen atoms in total. The average molecular weight is 345 g/mol. The van der Waals surface area contributed by atoms with Crippen molar-refractivity contribution in [2.24, 2.45) is 0 Å². The molecule has 0 saturated heterocycles. The van der Waals surface area contributed by atoms with Crippen LogP contribution in [-0.2, 0) is 19.6 Å². The van der Waals surface area contributed by atoms with E-state index < -0.39 is 22.6 Å². The molecule has 130 valence electrons. The molecular weight excluding hydrogens is 322 g/mol. The lowest BCUT2D eigenvalue weighted by atomic mass is 10.1. The summed E-state index contributed by atoms with van der Waals surface area (Å²) < 4.78 is 37.0. The van der Waals surface area contributed by atoms with Gasteiger partial charge in [-0.15, -0.1) is 0 Å². The van der Waals surface area contributed by atoms with Gasteiger partial charge in [-0.05, 0) is 37.1 Å². The van der Waals surface area contributed by atoms with Crippen LogP contribution >= 0.6 is 0 Å². The van der Waals surface area contributed by atoms with E-state index in [4.69, 9.17) is 14.6 Å². The van der Waals surface area contributed by atoms with Gasteiger partial charge in [0.15, 0.2) is 0 Å². The second kappa shape index (κ2) is 8.28. The van der Waals surface area contributed by atoms with Crippen molar-refractivity contribution in [3.8, 4) is 5.75 Å². The molecule has 0 aliphatic carbocycles. The summed E-state index contributed by atoms with van der Waals surface area (Å²) in [6.07, 6.45) is 0. The van der Waals surface area contributed by atoms with Crippen LogP contribution in [0.15, 0.2) is 17.0 Å². The molecule has 0 heterocycles. The SMILES string of the molecule is CCN(CCOCC(=O)O)S(=O)(=O)c1c(C)cc(OC)cc1C. The number of ether oxygens (including phenoxy) is 2. The molecule has 0 atom stereocenters. The molecule has 1 aromatic rings. The number of benzene rings is 1. The lowest BCUT2D eigenvalue weighted by Crippen LogP contribution is -2.35. The molecule has 0 amide bonds. The number of likely N-dealkylation sites (N-methyl/N-ethyl adjacent to an activating group) is 1. The van der Waals surface area contributed by atoms with E-state index in [1.807, 2.05) is 0 Å². The van der Waals surface area contributed by atoms with Crippen molar-refractivity contribution in [1.82, 2.24) is 4.31 Å². The highest BCUT2D eigenvalue weighted by molar-refractivity contribution is 7.89. The Morgan fingerprint density at radius 3 is 2.26 bits per heavy atom. The van der Waals surface area contributed by atoms with Gasteiger partial charge in [-0.2, -0.15) is 4.31 Å². The maximum atomic E-state index is 12.8. The van der Waals surface area contributed by atoms with Gasteiger partial charge in [0.2, 0.25) is 10.0 Å². The third-order valence-electron chi connectivity index (χ3n) is 3.33. The molecule has 0 aromatic heterocycles. The van der Waals surface area contributed by atoms with Crippen LogP contribution < -0.4 is 4.74 Å². The Bertz CT molecular complexity index is 633. The molecule has 0 aliphatic rings. The number of carboxylic acid groups (broad SMARTS) is 1. The van der Waals surface area contributed by atoms with Crippen LogP contribution in [0.2, 0.25) is 0 Å². The predicted octanol–water partition coefficient (Wildman–Crippen LogP) is 1.42. The Morgan fingerprint density at radius 2 is 1.83 bits per heavy atom. The van der Waals surface area contributed by atoms with Crippen LogP contribution in [0.1, 0.15) is 18.1 Å². The normalized spacial score (nSPS) is 11.7. The third-order valence-corrected chi connectivity index (χ3v) is 5.61. The molecule has 1 N–H and O–H groups in total. The number of rotatable bonds is 9. The molecule has 0 bridgehead atoms. The number of carboxylic acids is 1. The quantitative estimate of drug-likeness (QED) is 0.681. The van der Waals surface area contributed by atoms with Gasteiger partial charge >= 0.3 is 5.97 Å². The zero-order chi connectivity index (χ0) is 17.6. The summed E-state index contributed by atoms with van der Waals surface area (Å²) in [5.41, 5.74) is 1.21. The van der Waals surface area contributed by atoms with Gasteiger partial charge in [0, 0.05) is 13.1 Å². The summed E-state index contributed by atoms with van der Waals surface area (Å²) in [6, 6.07) is 3.35. The largest absolute Gasteiger partial charge is 0.497 e. The molecule has 0 radical (unpaired) electrons. The van der Waals surface area contributed by atoms with Gasteiger partial charge in [-0.3, -0.25) is 0 Å². The topological polar surface area (TPSA) is 93.1 Å². The molecule has 0 unspecified atom stereocenters. The van der Waals surface area contributed by atoms with Crippen molar-refractivity contribution in [3.63, 3.8) is 0 Å². The molecule has 0 fully saturated rings. The van der Waals surface area contributed by atoms with Gasteiger partial charge in [-0.25, -0.2) is 13.2 Å². The molecule has 1 aromatic carbocycles. The first-order chi connectivity index (χ1) is 10.7. The Morgan fingerprint density at radius 1 is 1.26 bits per heavy atom. The highest BCUT2D eigenvalue weighted by Crippen LogP contribution is 2.28. The van der Waals surface area contributed by atoms with Crippen LogP contribution in [0.3, 0.4) is 0 Å². The Kier molecular flexibility index (Phi) is 6.99. The number of methoxy groups -OCH3 is 1. The summed E-state index contributed by atoms with van der Waals surface area (Å²) in [5.74, 6) is -0.482. The lowest BCUT2D eigenvalue weighted by molar-refractivity contribution is -0.142. The molecule has 23 heavy (non-hydrogen) atoms. The van der Waals surface area contributed by atoms with Crippen molar-refractivity contribution in [3.05, 3.63) is 23.3 Å². The molecule has 0 saturated carbocycles. The second-order valence-electron chi connectivity index (χ2n) is 5.03. The minimum atomic E-state index is -3.69. The first-order valence-corrected chi connectivity index (χ1v) is 8.63. The first kappa shape index (κ1) is 19.4. The van der Waals surface area contributed by atoms with E-state index in [9.17, 15) is 13.2 Å². The Hall–Kier alpha value is -1.64. The fourth-order valence-corrected chi connectivity index (χ4v) is 4.18. The second-order valence-corrected chi connectivity index (χ2v) is 6.91. The Balaban J connectivity index is 3.01. The van der Waals surface area contributed by atoms with Crippen molar-refractivity contribution >= 4 is 16.0 Å². The van der Waals surface area contributed by atoms with E-state index in [2.05, 4.69) is 0 Å². The van der Waals surface area contributed by atoms with Gasteiger partial charge in [0.25, 0.3) is 0 Å². The maximum absolute atomic E-state index is 12.8. The zero-order valence-electron chi connectivity index (χ0n) is 13.8. The zero-order valence-corrected chi connectivity index (χ0v) is 14.6. The highest BCUT2D eigenvalue weighted by Gasteiger charge is 2.27. The van der Waals surface area contributed by atoms with Gasteiger partial charge in [0.1, 0.15) is 12.4 Å². The summed E-state index contributed by atoms with van der Waals surface area (Å²) >= 11 is 0. The molecular formula is C15H23NO6S. The van der Waals surface area contributed by atoms with E-state index in [0.717, 1.165) is 0 Å². The minimum absolute atomic E-state index is 0.0214. The van der Waals surface area contributed by atoms with Crippen molar-refractivity contribution in [2.75, 3.05) is 33.4 Å². The standard InChI is InChI=1S/C15H23NO6S/c1-5-16(6-7-22-10-14(17)18)23(19,20)15-11(2)8-13(21-4)9-12(15)3/h8-9H,5-7,10H2,1-4H3,(H,17,18). The predicted molar refractivity (Wildman–Crippen MR) is 85.4 cm³/mol. The number of aryl methyl sites for hydroxylation is 2. The van der Waals surface area contributed by atoms with Gasteiger partial charge < -0.3 is 14.6 Å². The number of hydrogen-bond donors (Lipinski definition) is 1. The number of carbonyl (C=O) groups is 1. The number of sulfonamides is 1. The van der Waals surface area contributed by atoms with Crippen molar-refractivity contribution in [2.45, 2.75) is 25.7 Å². The van der Waals surface area contributed by atoms with Crippen LogP contribution in [0, 0.1) is 13.8 Å². The van der Waals surface area contributed by atoms with Crippen LogP contribution in [0.25, 0.3) is 0 Å². The summed E-state index contributed by atoms with van der Waals surface area (Å²) in [5, 5.41) is 8.53. The van der Waals surface area contributed by atoms with E-state index in [1.54, 1.807) is 32.9 Å². The van der Waals surface area contributed by atoms with Crippen LogP contribution in [0.4, 0.5) is 0 Å². The molecule has 8 heteroatoms. The maximum Gasteiger partial charge on any atom is 0.329 e. The monoisotopic (exact) mass is 345 g/mol. The third kappa shape index (κ3) is 4.92. The summed E-state index contributed by atoms with van der Waals surface area (Å²) in [7, 11) is -2.16. The van der Waals surface area contributed by atoms with E-state index in [1.165, 1.54) is 11.4 Å². The van der Waals surface area contributed by atoms with Crippen LogP contribution in [-0.4, -0.2) is 57.2 Å². The van der Waals surface area contributed by atoms with Gasteiger partial charge in [0.05, 0.1) is 18.6 Å². The van der Waals surface area contributed by atoms with Crippen LogP contribution in [0.5, 0.6) is 5.75 Å². The van der Waals surface area contributed by atoms with E-state index >= 15 is 0 Å². The molecule has 0 aliphatic heterocycles. The summed E-state index contributed by atoms with van der Waals surface area (Å²) in [6.45, 7) is 5.10. The highest BCUT2D eigenvalue weighted by atomic mass is 32.2. The fourth-order valence-electron chi connectivity index (χ4n) is 2.34. The lowest BCUT2D eigenvalue weighted by Gasteiger charge is -2.23. The Labute approximate surface area is 136 Å². The van der Waals surface area contributed by atoms with Crippen molar-refractivity contribution in [1.29, 1.82) is 0 Å². The van der Waals surface area contributed by atoms with Crippen molar-refractivity contribution < 1.29 is 27.8 Å². The van der Waals surface area contributed by atoms with E-state index in [-0.39, 0.29) is 24.6 Å². The smallest absolute Gasteiger partial charge is 0.329 e. The number of hydrogen-bond acceptors (Lipinski definition) is 5. The molecule has 1 rings (SSSR count). The number of aliphatic carboxylic acids is 1. The number of nitrogens with zero attached hydrogens (tertiary/aromatic N) is 1. The van der Waals surface area contributed by atoms with Gasteiger partial charge in [-0.1, -0.05) is 6.92 Å². The van der Waals surface area contributed by atoms with E-state index in [0.29, 0.717) is 16.9 Å². The first-order valence-electron chi connectivity index (χ1n) is 7.19. The molecule has 0 spiro atoms. The fraction of sp³-hybridized carbons (Fsp3) is 0.533. The minimum Gasteiger partial charge on any atom is -0.497 e. The average Bonchev–Trinajstić information content (AvgIpc) is 2.45.